The highest BCUT2D eigenvalue weighted by atomic mass is 35.5. The molecule has 0 aliphatic heterocycles. The van der Waals surface area contributed by atoms with Crippen molar-refractivity contribution in [2.45, 2.75) is 38.6 Å². The number of nitrogens with one attached hydrogen (secondary N) is 2. The molecule has 17 heavy (non-hydrogen) atoms. The highest BCUT2D eigenvalue weighted by molar-refractivity contribution is 5.85. The Morgan fingerprint density at radius 1 is 1.24 bits per heavy atom. The first-order chi connectivity index (χ1) is 7.53. The fourth-order valence-electron chi connectivity index (χ4n) is 1.57. The molecule has 0 atom stereocenters. The van der Waals surface area contributed by atoms with Gasteiger partial charge in [-0.3, -0.25) is 9.59 Å². The van der Waals surface area contributed by atoms with E-state index in [-0.39, 0.29) is 37.2 Å². The van der Waals surface area contributed by atoms with Gasteiger partial charge < -0.3 is 15.4 Å². The second-order valence-corrected chi connectivity index (χ2v) is 3.82. The Morgan fingerprint density at radius 3 is 2.12 bits per heavy atom. The van der Waals surface area contributed by atoms with Crippen LogP contribution in [0.4, 0.5) is 0 Å². The molecule has 0 spiro atoms. The number of carbonyl (C=O) groups excluding carboxylic acids is 2. The molecule has 2 N–H and O–H groups in total. The number of ether oxygens (including phenoxy) is 1. The summed E-state index contributed by atoms with van der Waals surface area (Å²) in [6.45, 7) is 4.15. The van der Waals surface area contributed by atoms with Crippen molar-refractivity contribution in [3.8, 4) is 0 Å². The topological polar surface area (TPSA) is 67.4 Å². The lowest BCUT2D eigenvalue weighted by Crippen LogP contribution is -2.51. The summed E-state index contributed by atoms with van der Waals surface area (Å²) in [7, 11) is 3.06. The lowest BCUT2D eigenvalue weighted by Gasteiger charge is -2.31. The third-order valence-corrected chi connectivity index (χ3v) is 2.81. The minimum atomic E-state index is -0.485. The molecular weight excluding hydrogens is 244 g/mol. The molecule has 0 aromatic heterocycles. The predicted octanol–water partition coefficient (Wildman–Crippen LogP) is 0.866. The fourth-order valence-corrected chi connectivity index (χ4v) is 1.57. The van der Waals surface area contributed by atoms with Gasteiger partial charge in [-0.25, -0.2) is 0 Å². The zero-order chi connectivity index (χ0) is 12.6. The summed E-state index contributed by atoms with van der Waals surface area (Å²) in [5.74, 6) is -0.399. The molecule has 102 valence electrons. The van der Waals surface area contributed by atoms with Gasteiger partial charge in [0.1, 0.15) is 0 Å². The van der Waals surface area contributed by atoms with Crippen molar-refractivity contribution in [1.29, 1.82) is 0 Å². The van der Waals surface area contributed by atoms with Crippen molar-refractivity contribution in [2.75, 3.05) is 20.7 Å². The van der Waals surface area contributed by atoms with Crippen molar-refractivity contribution >= 4 is 24.3 Å². The van der Waals surface area contributed by atoms with Crippen LogP contribution in [-0.2, 0) is 14.3 Å². The standard InChI is InChI=1S/C11H22N2O3.ClH/c1-5-11(6-2,7-10(15)16-4)13-9(14)8-12-3;/h12H,5-8H2,1-4H3,(H,13,14);1H. The number of amides is 1. The van der Waals surface area contributed by atoms with Gasteiger partial charge >= 0.3 is 5.97 Å². The minimum Gasteiger partial charge on any atom is -0.469 e. The first-order valence-electron chi connectivity index (χ1n) is 5.56. The zero-order valence-electron chi connectivity index (χ0n) is 11.0. The largest absolute Gasteiger partial charge is 0.469 e. The lowest BCUT2D eigenvalue weighted by molar-refractivity contribution is -0.142. The highest BCUT2D eigenvalue weighted by Gasteiger charge is 2.31. The van der Waals surface area contributed by atoms with E-state index in [1.165, 1.54) is 7.11 Å². The Labute approximate surface area is 109 Å². The Balaban J connectivity index is 0. The first-order valence-corrected chi connectivity index (χ1v) is 5.56. The molecule has 0 aromatic carbocycles. The van der Waals surface area contributed by atoms with E-state index in [2.05, 4.69) is 15.4 Å². The molecule has 1 amide bonds. The first kappa shape index (κ1) is 18.6. The quantitative estimate of drug-likeness (QED) is 0.671. The van der Waals surface area contributed by atoms with Gasteiger partial charge in [-0.1, -0.05) is 13.8 Å². The van der Waals surface area contributed by atoms with Crippen molar-refractivity contribution in [2.24, 2.45) is 0 Å². The number of rotatable bonds is 7. The fraction of sp³-hybridized carbons (Fsp3) is 0.818. The predicted molar refractivity (Wildman–Crippen MR) is 69.3 cm³/mol. The van der Waals surface area contributed by atoms with Crippen LogP contribution in [0, 0.1) is 0 Å². The maximum Gasteiger partial charge on any atom is 0.307 e. The van der Waals surface area contributed by atoms with E-state index in [1.807, 2.05) is 13.8 Å². The van der Waals surface area contributed by atoms with Crippen LogP contribution in [0.15, 0.2) is 0 Å². The maximum atomic E-state index is 11.5. The minimum absolute atomic E-state index is 0. The Morgan fingerprint density at radius 2 is 1.76 bits per heavy atom. The monoisotopic (exact) mass is 266 g/mol. The summed E-state index contributed by atoms with van der Waals surface area (Å²) in [6, 6.07) is 0. The van der Waals surface area contributed by atoms with Crippen molar-refractivity contribution in [3.63, 3.8) is 0 Å². The van der Waals surface area contributed by atoms with Crippen LogP contribution in [0.1, 0.15) is 33.1 Å². The Kier molecular flexibility index (Phi) is 10.1. The average Bonchev–Trinajstić information content (AvgIpc) is 2.28. The van der Waals surface area contributed by atoms with E-state index >= 15 is 0 Å². The van der Waals surface area contributed by atoms with E-state index < -0.39 is 5.54 Å². The molecule has 5 nitrogen and oxygen atoms in total. The molecule has 0 bridgehead atoms. The number of methoxy groups -OCH3 is 1. The van der Waals surface area contributed by atoms with Gasteiger partial charge in [0.25, 0.3) is 0 Å². The molecular formula is C11H23ClN2O3. The summed E-state index contributed by atoms with van der Waals surface area (Å²) in [4.78, 5) is 22.8. The third-order valence-electron chi connectivity index (χ3n) is 2.81. The van der Waals surface area contributed by atoms with Crippen LogP contribution in [0.3, 0.4) is 0 Å². The van der Waals surface area contributed by atoms with E-state index in [9.17, 15) is 9.59 Å². The van der Waals surface area contributed by atoms with Crippen molar-refractivity contribution < 1.29 is 14.3 Å². The summed E-state index contributed by atoms with van der Waals surface area (Å²) in [5, 5.41) is 5.67. The van der Waals surface area contributed by atoms with Gasteiger partial charge in [-0.2, -0.15) is 0 Å². The van der Waals surface area contributed by atoms with Gasteiger partial charge in [-0.05, 0) is 19.9 Å². The smallest absolute Gasteiger partial charge is 0.307 e. The number of likely N-dealkylation sites (N-methyl/N-ethyl adjacent to an activating group) is 1. The molecule has 0 aromatic rings. The summed E-state index contributed by atoms with van der Waals surface area (Å²) >= 11 is 0. The molecule has 0 aliphatic rings. The van der Waals surface area contributed by atoms with Crippen LogP contribution in [0.5, 0.6) is 0 Å². The van der Waals surface area contributed by atoms with E-state index in [1.54, 1.807) is 7.05 Å². The van der Waals surface area contributed by atoms with Crippen LogP contribution < -0.4 is 10.6 Å². The summed E-state index contributed by atoms with van der Waals surface area (Å²) < 4.78 is 4.65. The van der Waals surface area contributed by atoms with Crippen molar-refractivity contribution in [1.82, 2.24) is 10.6 Å². The van der Waals surface area contributed by atoms with Gasteiger partial charge in [0, 0.05) is 0 Å². The summed E-state index contributed by atoms with van der Waals surface area (Å²) in [5.41, 5.74) is -0.485. The number of carbonyl (C=O) groups is 2. The van der Waals surface area contributed by atoms with Crippen LogP contribution in [-0.4, -0.2) is 38.1 Å². The second-order valence-electron chi connectivity index (χ2n) is 3.82. The van der Waals surface area contributed by atoms with Crippen LogP contribution in [0.25, 0.3) is 0 Å². The van der Waals surface area contributed by atoms with E-state index in [4.69, 9.17) is 0 Å². The lowest BCUT2D eigenvalue weighted by atomic mass is 9.89. The van der Waals surface area contributed by atoms with Gasteiger partial charge in [0.05, 0.1) is 25.6 Å². The average molecular weight is 267 g/mol. The molecule has 0 unspecified atom stereocenters. The van der Waals surface area contributed by atoms with Crippen LogP contribution in [0.2, 0.25) is 0 Å². The molecule has 0 radical (unpaired) electrons. The SMILES string of the molecule is CCC(CC)(CC(=O)OC)NC(=O)CNC.Cl. The van der Waals surface area contributed by atoms with Gasteiger partial charge in [-0.15, -0.1) is 12.4 Å². The maximum absolute atomic E-state index is 11.5. The Bertz CT molecular complexity index is 243. The molecule has 0 rings (SSSR count). The van der Waals surface area contributed by atoms with Gasteiger partial charge in [0.15, 0.2) is 0 Å². The van der Waals surface area contributed by atoms with Gasteiger partial charge in [0.2, 0.25) is 5.91 Å². The third kappa shape index (κ3) is 6.48. The second kappa shape index (κ2) is 9.24. The zero-order valence-corrected chi connectivity index (χ0v) is 11.8. The highest BCUT2D eigenvalue weighted by Crippen LogP contribution is 2.20. The molecule has 0 saturated carbocycles. The molecule has 0 saturated heterocycles. The Hall–Kier alpha value is -0.810. The molecule has 0 heterocycles. The van der Waals surface area contributed by atoms with E-state index in [0.717, 1.165) is 0 Å². The molecule has 0 aliphatic carbocycles. The number of hydrogen-bond acceptors (Lipinski definition) is 4. The number of esters is 1. The molecule has 6 heteroatoms. The van der Waals surface area contributed by atoms with E-state index in [0.29, 0.717) is 12.8 Å². The normalized spacial score (nSPS) is 10.4. The molecule has 0 fully saturated rings. The summed E-state index contributed by atoms with van der Waals surface area (Å²) in [6.07, 6.45) is 1.62. The number of hydrogen-bond donors (Lipinski definition) is 2. The number of halogens is 1. The van der Waals surface area contributed by atoms with Crippen molar-refractivity contribution in [3.05, 3.63) is 0 Å². The van der Waals surface area contributed by atoms with Crippen LogP contribution >= 0.6 is 12.4 Å².